The molecular weight excluding hydrogens is 395 g/mol. The fourth-order valence-electron chi connectivity index (χ4n) is 4.38. The lowest BCUT2D eigenvalue weighted by molar-refractivity contribution is 0.0427. The Labute approximate surface area is 180 Å². The average molecular weight is 431 g/mol. The van der Waals surface area contributed by atoms with Crippen LogP contribution in [0.3, 0.4) is 0 Å². The Morgan fingerprint density at radius 3 is 2.43 bits per heavy atom. The predicted octanol–water partition coefficient (Wildman–Crippen LogP) is 5.22. The van der Waals surface area contributed by atoms with Crippen LogP contribution in [0.25, 0.3) is 0 Å². The van der Waals surface area contributed by atoms with E-state index in [1.807, 2.05) is 43.3 Å². The highest BCUT2D eigenvalue weighted by molar-refractivity contribution is 7.67. The molecule has 0 bridgehead atoms. The van der Waals surface area contributed by atoms with Crippen LogP contribution < -0.4 is 10.2 Å². The van der Waals surface area contributed by atoms with Gasteiger partial charge in [-0.2, -0.15) is 0 Å². The Kier molecular flexibility index (Phi) is 7.38. The van der Waals surface area contributed by atoms with E-state index in [1.165, 1.54) is 0 Å². The van der Waals surface area contributed by atoms with Gasteiger partial charge in [-0.05, 0) is 60.9 Å². The molecule has 0 unspecified atom stereocenters. The molecule has 1 fully saturated rings. The summed E-state index contributed by atoms with van der Waals surface area (Å²) in [5, 5.41) is 11.8. The molecule has 1 N–H and O–H groups in total. The van der Waals surface area contributed by atoms with Gasteiger partial charge in [0.25, 0.3) is 7.37 Å². The molecule has 0 saturated heterocycles. The third-order valence-electron chi connectivity index (χ3n) is 6.28. The summed E-state index contributed by atoms with van der Waals surface area (Å²) in [6, 6.07) is 11.0. The lowest BCUT2D eigenvalue weighted by Gasteiger charge is -2.39. The quantitative estimate of drug-likeness (QED) is 0.610. The van der Waals surface area contributed by atoms with Crippen LogP contribution in [-0.2, 0) is 9.09 Å². The first-order valence-electron chi connectivity index (χ1n) is 10.9. The number of aliphatic hydroxyl groups excluding tert-OH is 1. The molecule has 1 heterocycles. The number of rotatable bonds is 7. The van der Waals surface area contributed by atoms with E-state index in [1.54, 1.807) is 24.5 Å². The summed E-state index contributed by atoms with van der Waals surface area (Å²) in [7, 11) is 0.319. The van der Waals surface area contributed by atoms with Crippen molar-refractivity contribution < 1.29 is 14.2 Å². The van der Waals surface area contributed by atoms with Gasteiger partial charge in [0.05, 0.1) is 6.10 Å². The van der Waals surface area contributed by atoms with Gasteiger partial charge < -0.3 is 14.5 Å². The van der Waals surface area contributed by atoms with Crippen LogP contribution in [0.4, 0.5) is 5.69 Å². The summed E-state index contributed by atoms with van der Waals surface area (Å²) >= 11 is 0. The number of anilines is 1. The van der Waals surface area contributed by atoms with Crippen LogP contribution in [0, 0.1) is 17.8 Å². The maximum absolute atomic E-state index is 14.4. The molecular formula is C24H35N2O3P. The first-order valence-corrected chi connectivity index (χ1v) is 12.6. The van der Waals surface area contributed by atoms with Crippen LogP contribution in [0.5, 0.6) is 0 Å². The average Bonchev–Trinajstić information content (AvgIpc) is 2.73. The number of hydrogen-bond donors (Lipinski definition) is 1. The molecule has 0 amide bonds. The number of aliphatic hydroxyl groups is 1. The lowest BCUT2D eigenvalue weighted by Crippen LogP contribution is -2.35. The van der Waals surface area contributed by atoms with E-state index < -0.39 is 13.2 Å². The van der Waals surface area contributed by atoms with E-state index in [0.29, 0.717) is 28.6 Å². The highest BCUT2D eigenvalue weighted by Gasteiger charge is 2.42. The molecule has 1 aliphatic rings. The van der Waals surface area contributed by atoms with E-state index in [2.05, 4.69) is 25.8 Å². The van der Waals surface area contributed by atoms with Gasteiger partial charge >= 0.3 is 0 Å². The van der Waals surface area contributed by atoms with Crippen molar-refractivity contribution in [1.82, 2.24) is 4.98 Å². The maximum atomic E-state index is 14.4. The summed E-state index contributed by atoms with van der Waals surface area (Å²) in [6.45, 7) is 6.62. The van der Waals surface area contributed by atoms with Gasteiger partial charge in [-0.3, -0.25) is 9.55 Å². The SMILES string of the molecule is CC(C)[C@H]1CC[C@@H](C)C[C@H]1O[P@@](=O)(c1ccc(N(C)C)cc1)[C@@H](O)c1cccnc1. The number of hydrogen-bond acceptors (Lipinski definition) is 5. The monoisotopic (exact) mass is 430 g/mol. The Hall–Kier alpha value is -1.68. The van der Waals surface area contributed by atoms with E-state index in [9.17, 15) is 9.67 Å². The lowest BCUT2D eigenvalue weighted by atomic mass is 9.75. The second-order valence-corrected chi connectivity index (χ2v) is 11.5. The van der Waals surface area contributed by atoms with Crippen LogP contribution in [0.2, 0.25) is 0 Å². The standard InChI is InChI=1S/C24H35N2O3P/c1-17(2)22-13-8-18(3)15-23(22)29-30(28,24(27)19-7-6-14-25-16-19)21-11-9-20(10-12-21)26(4)5/h6-7,9-12,14,16-18,22-24,27H,8,13,15H2,1-5H3/t18-,22-,23-,24-,30+/m1/s1. The molecule has 0 spiro atoms. The van der Waals surface area contributed by atoms with Gasteiger partial charge in [0, 0.05) is 43.0 Å². The molecule has 0 radical (unpaired) electrons. The van der Waals surface area contributed by atoms with Crippen LogP contribution in [-0.4, -0.2) is 30.3 Å². The number of pyridine rings is 1. The van der Waals surface area contributed by atoms with Gasteiger partial charge in [0.1, 0.15) is 0 Å². The minimum Gasteiger partial charge on any atom is -0.378 e. The molecule has 1 aliphatic carbocycles. The molecule has 1 aromatic heterocycles. The molecule has 5 atom stereocenters. The topological polar surface area (TPSA) is 62.7 Å². The van der Waals surface area contributed by atoms with E-state index in [4.69, 9.17) is 4.52 Å². The fourth-order valence-corrected chi connectivity index (χ4v) is 6.65. The van der Waals surface area contributed by atoms with Gasteiger partial charge in [-0.1, -0.05) is 33.3 Å². The molecule has 0 aliphatic heterocycles. The zero-order chi connectivity index (χ0) is 21.9. The van der Waals surface area contributed by atoms with Crippen molar-refractivity contribution in [2.45, 2.75) is 52.0 Å². The molecule has 1 saturated carbocycles. The van der Waals surface area contributed by atoms with Crippen molar-refractivity contribution in [2.24, 2.45) is 17.8 Å². The first-order chi connectivity index (χ1) is 14.2. The molecule has 1 aromatic carbocycles. The Morgan fingerprint density at radius 2 is 1.87 bits per heavy atom. The minimum absolute atomic E-state index is 0.139. The van der Waals surface area contributed by atoms with Gasteiger partial charge in [0.15, 0.2) is 5.85 Å². The third-order valence-corrected chi connectivity index (χ3v) is 8.83. The van der Waals surface area contributed by atoms with Gasteiger partial charge in [-0.25, -0.2) is 0 Å². The van der Waals surface area contributed by atoms with E-state index in [-0.39, 0.29) is 6.10 Å². The van der Waals surface area contributed by atoms with Crippen molar-refractivity contribution in [1.29, 1.82) is 0 Å². The number of aromatic nitrogens is 1. The van der Waals surface area contributed by atoms with Crippen molar-refractivity contribution in [3.63, 3.8) is 0 Å². The maximum Gasteiger partial charge on any atom is 0.264 e. The Balaban J connectivity index is 2.01. The smallest absolute Gasteiger partial charge is 0.264 e. The van der Waals surface area contributed by atoms with E-state index in [0.717, 1.165) is 24.9 Å². The number of nitrogens with zero attached hydrogens (tertiary/aromatic N) is 2. The largest absolute Gasteiger partial charge is 0.378 e. The normalized spacial score (nSPS) is 25.0. The van der Waals surface area contributed by atoms with Crippen molar-refractivity contribution in [2.75, 3.05) is 19.0 Å². The highest BCUT2D eigenvalue weighted by atomic mass is 31.2. The van der Waals surface area contributed by atoms with Crippen molar-refractivity contribution in [3.8, 4) is 0 Å². The van der Waals surface area contributed by atoms with Crippen LogP contribution in [0.15, 0.2) is 48.8 Å². The zero-order valence-electron chi connectivity index (χ0n) is 18.7. The van der Waals surface area contributed by atoms with Crippen LogP contribution in [0.1, 0.15) is 51.4 Å². The predicted molar refractivity (Wildman–Crippen MR) is 123 cm³/mol. The minimum atomic E-state index is -3.61. The molecule has 3 rings (SSSR count). The summed E-state index contributed by atoms with van der Waals surface area (Å²) in [4.78, 5) is 6.10. The highest BCUT2D eigenvalue weighted by Crippen LogP contribution is 2.60. The zero-order valence-corrected chi connectivity index (χ0v) is 19.6. The van der Waals surface area contributed by atoms with Crippen LogP contribution >= 0.6 is 7.37 Å². The first kappa shape index (κ1) is 23.0. The Bertz CT molecular complexity index is 855. The van der Waals surface area contributed by atoms with Crippen molar-refractivity contribution >= 4 is 18.4 Å². The van der Waals surface area contributed by atoms with Gasteiger partial charge in [0.2, 0.25) is 0 Å². The summed E-state index contributed by atoms with van der Waals surface area (Å²) < 4.78 is 20.9. The number of benzene rings is 1. The summed E-state index contributed by atoms with van der Waals surface area (Å²) in [6.07, 6.45) is 6.16. The van der Waals surface area contributed by atoms with Gasteiger partial charge in [-0.15, -0.1) is 0 Å². The third kappa shape index (κ3) is 4.96. The van der Waals surface area contributed by atoms with E-state index >= 15 is 0 Å². The second kappa shape index (κ2) is 9.64. The Morgan fingerprint density at radius 1 is 1.17 bits per heavy atom. The van der Waals surface area contributed by atoms with Crippen molar-refractivity contribution in [3.05, 3.63) is 54.4 Å². The molecule has 5 nitrogen and oxygen atoms in total. The fraction of sp³-hybridized carbons (Fsp3) is 0.542. The molecule has 6 heteroatoms. The second-order valence-electron chi connectivity index (χ2n) is 9.14. The molecule has 164 valence electrons. The summed E-state index contributed by atoms with van der Waals surface area (Å²) in [5.41, 5.74) is 1.52. The molecule has 30 heavy (non-hydrogen) atoms. The summed E-state index contributed by atoms with van der Waals surface area (Å²) in [5.74, 6) is 0.0332. The molecule has 2 aromatic rings.